The van der Waals surface area contributed by atoms with Gasteiger partial charge in [-0.25, -0.2) is 17.5 Å². The smallest absolute Gasteiger partial charge is 0.243 e. The Balaban J connectivity index is 2.18. The summed E-state index contributed by atoms with van der Waals surface area (Å²) in [5.74, 6) is -0.792. The van der Waals surface area contributed by atoms with Crippen molar-refractivity contribution in [1.82, 2.24) is 4.72 Å². The molecule has 2 rings (SSSR count). The molecular formula is C11H13BrFNO3S. The molecule has 0 unspecified atom stereocenters. The van der Waals surface area contributed by atoms with Crippen molar-refractivity contribution in [3.63, 3.8) is 0 Å². The fourth-order valence-corrected chi connectivity index (χ4v) is 3.35. The lowest BCUT2D eigenvalue weighted by Crippen LogP contribution is -2.32. The van der Waals surface area contributed by atoms with Crippen molar-refractivity contribution in [3.8, 4) is 0 Å². The summed E-state index contributed by atoms with van der Waals surface area (Å²) in [5, 5.41) is 9.11. The van der Waals surface area contributed by atoms with E-state index >= 15 is 0 Å². The first-order chi connectivity index (χ1) is 8.38. The lowest BCUT2D eigenvalue weighted by Gasteiger charge is -2.13. The Morgan fingerprint density at radius 2 is 2.11 bits per heavy atom. The Morgan fingerprint density at radius 1 is 1.44 bits per heavy atom. The summed E-state index contributed by atoms with van der Waals surface area (Å²) in [6.45, 7) is 0.0777. The largest absolute Gasteiger partial charge is 0.396 e. The second-order valence-corrected chi connectivity index (χ2v) is 7.21. The van der Waals surface area contributed by atoms with E-state index in [9.17, 15) is 12.8 Å². The number of aliphatic hydroxyl groups is 1. The maximum absolute atomic E-state index is 13.5. The van der Waals surface area contributed by atoms with Crippen LogP contribution in [0, 0.1) is 11.2 Å². The van der Waals surface area contributed by atoms with Crippen LogP contribution in [0.2, 0.25) is 0 Å². The van der Waals surface area contributed by atoms with Crippen LogP contribution in [0.15, 0.2) is 27.6 Å². The van der Waals surface area contributed by atoms with Gasteiger partial charge in [0.15, 0.2) is 0 Å². The van der Waals surface area contributed by atoms with E-state index in [2.05, 4.69) is 20.7 Å². The Kier molecular flexibility index (Phi) is 3.77. The molecule has 0 amide bonds. The van der Waals surface area contributed by atoms with Gasteiger partial charge in [0.25, 0.3) is 0 Å². The van der Waals surface area contributed by atoms with Gasteiger partial charge in [-0.15, -0.1) is 0 Å². The average Bonchev–Trinajstić information content (AvgIpc) is 3.11. The van der Waals surface area contributed by atoms with Crippen molar-refractivity contribution < 1.29 is 17.9 Å². The zero-order valence-corrected chi connectivity index (χ0v) is 11.9. The highest BCUT2D eigenvalue weighted by Crippen LogP contribution is 2.44. The maximum atomic E-state index is 13.5. The summed E-state index contributed by atoms with van der Waals surface area (Å²) in [6, 6.07) is 3.75. The van der Waals surface area contributed by atoms with Crippen molar-refractivity contribution in [1.29, 1.82) is 0 Å². The minimum Gasteiger partial charge on any atom is -0.396 e. The monoisotopic (exact) mass is 337 g/mol. The lowest BCUT2D eigenvalue weighted by molar-refractivity contribution is 0.213. The van der Waals surface area contributed by atoms with E-state index < -0.39 is 15.8 Å². The number of rotatable bonds is 5. The molecule has 1 saturated carbocycles. The van der Waals surface area contributed by atoms with Gasteiger partial charge in [-0.3, -0.25) is 0 Å². The first-order valence-electron chi connectivity index (χ1n) is 5.44. The molecule has 1 aliphatic carbocycles. The van der Waals surface area contributed by atoms with Crippen LogP contribution in [0.25, 0.3) is 0 Å². The minimum atomic E-state index is -3.88. The first-order valence-corrected chi connectivity index (χ1v) is 7.72. The van der Waals surface area contributed by atoms with Crippen LogP contribution in [0.5, 0.6) is 0 Å². The quantitative estimate of drug-likeness (QED) is 0.858. The molecule has 0 bridgehead atoms. The summed E-state index contributed by atoms with van der Waals surface area (Å²) >= 11 is 3.11. The van der Waals surface area contributed by atoms with Crippen molar-refractivity contribution in [2.45, 2.75) is 17.7 Å². The van der Waals surface area contributed by atoms with E-state index in [0.29, 0.717) is 4.47 Å². The van der Waals surface area contributed by atoms with Crippen LogP contribution in [0.3, 0.4) is 0 Å². The van der Waals surface area contributed by atoms with E-state index in [1.165, 1.54) is 12.1 Å². The molecule has 1 aromatic carbocycles. The van der Waals surface area contributed by atoms with Crippen LogP contribution in [-0.2, 0) is 10.0 Å². The van der Waals surface area contributed by atoms with Crippen LogP contribution < -0.4 is 4.72 Å². The van der Waals surface area contributed by atoms with Crippen LogP contribution >= 0.6 is 15.9 Å². The predicted octanol–water partition coefficient (Wildman–Crippen LogP) is 1.64. The molecule has 1 aliphatic rings. The second-order valence-electron chi connectivity index (χ2n) is 4.56. The molecule has 18 heavy (non-hydrogen) atoms. The summed E-state index contributed by atoms with van der Waals surface area (Å²) in [7, 11) is -3.88. The highest BCUT2D eigenvalue weighted by molar-refractivity contribution is 9.10. The number of halogens is 2. The molecule has 100 valence electrons. The molecule has 0 atom stereocenters. The van der Waals surface area contributed by atoms with Crippen LogP contribution in [-0.4, -0.2) is 26.7 Å². The van der Waals surface area contributed by atoms with Gasteiger partial charge in [-0.2, -0.15) is 0 Å². The van der Waals surface area contributed by atoms with E-state index in [1.807, 2.05) is 0 Å². The van der Waals surface area contributed by atoms with Gasteiger partial charge in [0.1, 0.15) is 10.7 Å². The van der Waals surface area contributed by atoms with E-state index in [1.54, 1.807) is 0 Å². The van der Waals surface area contributed by atoms with E-state index in [0.717, 1.165) is 18.9 Å². The third kappa shape index (κ3) is 2.90. The zero-order valence-electron chi connectivity index (χ0n) is 9.49. The number of sulfonamides is 1. The summed E-state index contributed by atoms with van der Waals surface area (Å²) in [4.78, 5) is -0.384. The molecule has 0 saturated heterocycles. The van der Waals surface area contributed by atoms with Gasteiger partial charge < -0.3 is 5.11 Å². The van der Waals surface area contributed by atoms with Crippen molar-refractivity contribution >= 4 is 26.0 Å². The predicted molar refractivity (Wildman–Crippen MR) is 68.0 cm³/mol. The zero-order chi connectivity index (χ0) is 13.4. The highest BCUT2D eigenvalue weighted by Gasteiger charge is 2.42. The van der Waals surface area contributed by atoms with Gasteiger partial charge in [0, 0.05) is 23.0 Å². The standard InChI is InChI=1S/C11H13BrFNO3S/c12-8-1-2-9(13)10(5-8)18(16,17)14-6-11(7-15)3-4-11/h1-2,5,14-15H,3-4,6-7H2. The average molecular weight is 338 g/mol. The number of hydrogen-bond acceptors (Lipinski definition) is 3. The maximum Gasteiger partial charge on any atom is 0.243 e. The molecule has 2 N–H and O–H groups in total. The van der Waals surface area contributed by atoms with Gasteiger partial charge in [-0.1, -0.05) is 15.9 Å². The Bertz CT molecular complexity index is 557. The fraction of sp³-hybridized carbons (Fsp3) is 0.455. The van der Waals surface area contributed by atoms with Gasteiger partial charge >= 0.3 is 0 Å². The summed E-state index contributed by atoms with van der Waals surface area (Å²) in [5.41, 5.74) is -0.352. The van der Waals surface area contributed by atoms with Gasteiger partial charge in [0.2, 0.25) is 10.0 Å². The van der Waals surface area contributed by atoms with Gasteiger partial charge in [0.05, 0.1) is 0 Å². The molecule has 1 aromatic rings. The molecule has 0 aromatic heterocycles. The molecule has 7 heteroatoms. The van der Waals surface area contributed by atoms with Crippen molar-refractivity contribution in [3.05, 3.63) is 28.5 Å². The van der Waals surface area contributed by atoms with Crippen LogP contribution in [0.4, 0.5) is 4.39 Å². The van der Waals surface area contributed by atoms with E-state index in [-0.39, 0.29) is 23.5 Å². The highest BCUT2D eigenvalue weighted by atomic mass is 79.9. The molecule has 4 nitrogen and oxygen atoms in total. The third-order valence-corrected chi connectivity index (χ3v) is 5.02. The summed E-state index contributed by atoms with van der Waals surface area (Å²) in [6.07, 6.45) is 1.57. The fourth-order valence-electron chi connectivity index (χ4n) is 1.58. The normalized spacial score (nSPS) is 17.7. The SMILES string of the molecule is O=S(=O)(NCC1(CO)CC1)c1cc(Br)ccc1F. The number of nitrogens with one attached hydrogen (secondary N) is 1. The first kappa shape index (κ1) is 13.9. The number of aliphatic hydroxyl groups excluding tert-OH is 1. The Morgan fingerprint density at radius 3 is 2.67 bits per heavy atom. The van der Waals surface area contributed by atoms with Crippen LogP contribution in [0.1, 0.15) is 12.8 Å². The molecular weight excluding hydrogens is 325 g/mol. The third-order valence-electron chi connectivity index (χ3n) is 3.11. The molecule has 0 heterocycles. The topological polar surface area (TPSA) is 66.4 Å². The molecule has 0 aliphatic heterocycles. The Hall–Kier alpha value is -0.500. The van der Waals surface area contributed by atoms with Crippen molar-refractivity contribution in [2.24, 2.45) is 5.41 Å². The van der Waals surface area contributed by atoms with E-state index in [4.69, 9.17) is 5.11 Å². The number of hydrogen-bond donors (Lipinski definition) is 2. The summed E-state index contributed by atoms with van der Waals surface area (Å²) < 4.78 is 40.2. The van der Waals surface area contributed by atoms with Crippen molar-refractivity contribution in [2.75, 3.05) is 13.2 Å². The number of benzene rings is 1. The minimum absolute atomic E-state index is 0.0590. The second kappa shape index (κ2) is 4.88. The Labute approximate surface area is 113 Å². The lowest BCUT2D eigenvalue weighted by atomic mass is 10.1. The molecule has 0 spiro atoms. The molecule has 0 radical (unpaired) electrons. The van der Waals surface area contributed by atoms with Gasteiger partial charge in [-0.05, 0) is 31.0 Å². The molecule has 1 fully saturated rings.